The molecule has 162 valence electrons. The zero-order chi connectivity index (χ0) is 21.6. The SMILES string of the molecule is COc1ccccc1NC(=O)N1CCCN(c2nc(Cc3ccc(Cl)cc3)ns2)CC1. The highest BCUT2D eigenvalue weighted by Gasteiger charge is 2.22. The Kier molecular flexibility index (Phi) is 6.89. The van der Waals surface area contributed by atoms with Crippen molar-refractivity contribution in [2.45, 2.75) is 12.8 Å². The number of halogens is 1. The molecule has 0 radical (unpaired) electrons. The Morgan fingerprint density at radius 3 is 2.74 bits per heavy atom. The maximum Gasteiger partial charge on any atom is 0.322 e. The first-order chi connectivity index (χ1) is 15.1. The molecule has 1 aliphatic heterocycles. The van der Waals surface area contributed by atoms with Gasteiger partial charge in [-0.05, 0) is 36.2 Å². The molecule has 4 rings (SSSR count). The maximum atomic E-state index is 12.8. The van der Waals surface area contributed by atoms with E-state index in [9.17, 15) is 4.79 Å². The number of ether oxygens (including phenoxy) is 1. The molecule has 0 saturated carbocycles. The highest BCUT2D eigenvalue weighted by Crippen LogP contribution is 2.24. The highest BCUT2D eigenvalue weighted by molar-refractivity contribution is 7.09. The molecule has 1 N–H and O–H groups in total. The minimum atomic E-state index is -0.118. The van der Waals surface area contributed by atoms with Crippen LogP contribution in [0.25, 0.3) is 0 Å². The van der Waals surface area contributed by atoms with Crippen LogP contribution in [0, 0.1) is 0 Å². The number of amides is 2. The fraction of sp³-hybridized carbons (Fsp3) is 0.318. The van der Waals surface area contributed by atoms with Crippen molar-refractivity contribution in [1.29, 1.82) is 0 Å². The van der Waals surface area contributed by atoms with Crippen LogP contribution in [0.15, 0.2) is 48.5 Å². The number of rotatable bonds is 5. The van der Waals surface area contributed by atoms with Crippen molar-refractivity contribution < 1.29 is 9.53 Å². The number of nitrogens with zero attached hydrogens (tertiary/aromatic N) is 4. The lowest BCUT2D eigenvalue weighted by Crippen LogP contribution is -2.38. The number of carbonyl (C=O) groups is 1. The number of aromatic nitrogens is 2. The Balaban J connectivity index is 1.35. The second-order valence-corrected chi connectivity index (χ2v) is 8.42. The fourth-order valence-electron chi connectivity index (χ4n) is 3.48. The molecule has 2 heterocycles. The first-order valence-corrected chi connectivity index (χ1v) is 11.3. The number of urea groups is 1. The van der Waals surface area contributed by atoms with Crippen molar-refractivity contribution in [3.8, 4) is 5.75 Å². The third-order valence-corrected chi connectivity index (χ3v) is 6.20. The number of benzene rings is 2. The smallest absolute Gasteiger partial charge is 0.322 e. The van der Waals surface area contributed by atoms with E-state index >= 15 is 0 Å². The summed E-state index contributed by atoms with van der Waals surface area (Å²) in [6, 6.07) is 15.0. The summed E-state index contributed by atoms with van der Waals surface area (Å²) in [5.41, 5.74) is 1.80. The van der Waals surface area contributed by atoms with Gasteiger partial charge in [0.2, 0.25) is 5.13 Å². The highest BCUT2D eigenvalue weighted by atomic mass is 35.5. The summed E-state index contributed by atoms with van der Waals surface area (Å²) in [4.78, 5) is 21.5. The zero-order valence-corrected chi connectivity index (χ0v) is 18.8. The second-order valence-electron chi connectivity index (χ2n) is 7.25. The Bertz CT molecular complexity index is 1030. The molecule has 1 fully saturated rings. The summed E-state index contributed by atoms with van der Waals surface area (Å²) in [5, 5.41) is 4.58. The lowest BCUT2D eigenvalue weighted by Gasteiger charge is -2.22. The van der Waals surface area contributed by atoms with Crippen LogP contribution in [0.5, 0.6) is 5.75 Å². The van der Waals surface area contributed by atoms with E-state index < -0.39 is 0 Å². The van der Waals surface area contributed by atoms with Crippen LogP contribution < -0.4 is 15.0 Å². The number of hydrogen-bond acceptors (Lipinski definition) is 6. The summed E-state index contributed by atoms with van der Waals surface area (Å²) >= 11 is 7.36. The van der Waals surface area contributed by atoms with Gasteiger partial charge in [-0.2, -0.15) is 4.37 Å². The molecular weight excluding hydrogens is 434 g/mol. The Labute approximate surface area is 190 Å². The van der Waals surface area contributed by atoms with Crippen LogP contribution >= 0.6 is 23.1 Å². The topological polar surface area (TPSA) is 70.6 Å². The predicted octanol–water partition coefficient (Wildman–Crippen LogP) is 4.54. The van der Waals surface area contributed by atoms with Gasteiger partial charge in [0.15, 0.2) is 0 Å². The van der Waals surface area contributed by atoms with Gasteiger partial charge >= 0.3 is 6.03 Å². The van der Waals surface area contributed by atoms with Crippen LogP contribution in [-0.4, -0.2) is 53.6 Å². The van der Waals surface area contributed by atoms with Crippen molar-refractivity contribution in [1.82, 2.24) is 14.3 Å². The van der Waals surface area contributed by atoms with Gasteiger partial charge in [-0.25, -0.2) is 9.78 Å². The summed E-state index contributed by atoms with van der Waals surface area (Å²) in [7, 11) is 1.60. The van der Waals surface area contributed by atoms with Gasteiger partial charge in [-0.3, -0.25) is 0 Å². The molecule has 0 unspecified atom stereocenters. The zero-order valence-electron chi connectivity index (χ0n) is 17.3. The van der Waals surface area contributed by atoms with Crippen LogP contribution in [-0.2, 0) is 6.42 Å². The lowest BCUT2D eigenvalue weighted by atomic mass is 10.1. The predicted molar refractivity (Wildman–Crippen MR) is 125 cm³/mol. The molecule has 0 bridgehead atoms. The van der Waals surface area contributed by atoms with Crippen LogP contribution in [0.3, 0.4) is 0 Å². The number of para-hydroxylation sites is 2. The minimum absolute atomic E-state index is 0.118. The van der Waals surface area contributed by atoms with E-state index in [0.29, 0.717) is 30.9 Å². The molecule has 2 aromatic carbocycles. The molecule has 7 nitrogen and oxygen atoms in total. The van der Waals surface area contributed by atoms with Gasteiger partial charge in [0.25, 0.3) is 0 Å². The average Bonchev–Trinajstić information content (AvgIpc) is 3.10. The molecule has 9 heteroatoms. The second kappa shape index (κ2) is 9.98. The van der Waals surface area contributed by atoms with Crippen LogP contribution in [0.1, 0.15) is 17.8 Å². The molecule has 0 aliphatic carbocycles. The van der Waals surface area contributed by atoms with Crippen LogP contribution in [0.2, 0.25) is 5.02 Å². The van der Waals surface area contributed by atoms with Gasteiger partial charge in [-0.15, -0.1) is 0 Å². The van der Waals surface area contributed by atoms with Crippen molar-refractivity contribution in [3.05, 3.63) is 64.9 Å². The average molecular weight is 458 g/mol. The van der Waals surface area contributed by atoms with E-state index in [2.05, 4.69) is 14.6 Å². The monoisotopic (exact) mass is 457 g/mol. The van der Waals surface area contributed by atoms with Gasteiger partial charge < -0.3 is 19.9 Å². The maximum absolute atomic E-state index is 12.8. The molecule has 31 heavy (non-hydrogen) atoms. The van der Waals surface area contributed by atoms with Crippen molar-refractivity contribution in [3.63, 3.8) is 0 Å². The summed E-state index contributed by atoms with van der Waals surface area (Å²) < 4.78 is 9.84. The molecule has 0 atom stereocenters. The van der Waals surface area contributed by atoms with Gasteiger partial charge in [0.1, 0.15) is 11.6 Å². The Hall–Kier alpha value is -2.84. The molecule has 1 aliphatic rings. The van der Waals surface area contributed by atoms with E-state index in [1.54, 1.807) is 7.11 Å². The third kappa shape index (κ3) is 5.45. The molecule has 3 aromatic rings. The van der Waals surface area contributed by atoms with Crippen molar-refractivity contribution >= 4 is 40.0 Å². The summed E-state index contributed by atoms with van der Waals surface area (Å²) in [6.07, 6.45) is 1.54. The Morgan fingerprint density at radius 1 is 1.13 bits per heavy atom. The molecular formula is C22H24ClN5O2S. The summed E-state index contributed by atoms with van der Waals surface area (Å²) in [6.45, 7) is 2.87. The number of carbonyl (C=O) groups excluding carboxylic acids is 1. The van der Waals surface area contributed by atoms with Crippen LogP contribution in [0.4, 0.5) is 15.6 Å². The third-order valence-electron chi connectivity index (χ3n) is 5.14. The molecule has 0 spiro atoms. The number of nitrogens with one attached hydrogen (secondary N) is 1. The first-order valence-electron chi connectivity index (χ1n) is 10.1. The van der Waals surface area contributed by atoms with E-state index in [0.717, 1.165) is 41.1 Å². The number of methoxy groups -OCH3 is 1. The van der Waals surface area contributed by atoms with Gasteiger partial charge in [0.05, 0.1) is 12.8 Å². The lowest BCUT2D eigenvalue weighted by molar-refractivity contribution is 0.215. The molecule has 2 amide bonds. The fourth-order valence-corrected chi connectivity index (χ4v) is 4.35. The summed E-state index contributed by atoms with van der Waals surface area (Å²) in [5.74, 6) is 1.45. The van der Waals surface area contributed by atoms with Crippen molar-refractivity contribution in [2.75, 3.05) is 43.5 Å². The largest absolute Gasteiger partial charge is 0.495 e. The minimum Gasteiger partial charge on any atom is -0.495 e. The van der Waals surface area contributed by atoms with E-state index in [4.69, 9.17) is 21.3 Å². The number of hydrogen-bond donors (Lipinski definition) is 1. The normalized spacial score (nSPS) is 14.3. The van der Waals surface area contributed by atoms with Gasteiger partial charge in [0, 0.05) is 49.2 Å². The molecule has 1 saturated heterocycles. The first kappa shape index (κ1) is 21.4. The standard InChI is InChI=1S/C22H24ClN5O2S/c1-30-19-6-3-2-5-18(19)24-21(29)27-11-4-12-28(14-13-27)22-25-20(26-31-22)15-16-7-9-17(23)10-8-16/h2-3,5-10H,4,11-15H2,1H3,(H,24,29). The van der Waals surface area contributed by atoms with E-state index in [1.165, 1.54) is 11.5 Å². The van der Waals surface area contributed by atoms with E-state index in [1.807, 2.05) is 53.4 Å². The quantitative estimate of drug-likeness (QED) is 0.609. The molecule has 1 aromatic heterocycles. The van der Waals surface area contributed by atoms with E-state index in [-0.39, 0.29) is 6.03 Å². The number of anilines is 2. The van der Waals surface area contributed by atoms with Crippen molar-refractivity contribution in [2.24, 2.45) is 0 Å². The van der Waals surface area contributed by atoms with Gasteiger partial charge in [-0.1, -0.05) is 35.9 Å². The Morgan fingerprint density at radius 2 is 1.94 bits per heavy atom.